The summed E-state index contributed by atoms with van der Waals surface area (Å²) in [5, 5.41) is 9.34. The molecule has 10 aromatic rings. The monoisotopic (exact) mass is 674 g/mol. The summed E-state index contributed by atoms with van der Waals surface area (Å²) in [7, 11) is 0. The van der Waals surface area contributed by atoms with Crippen molar-refractivity contribution in [1.29, 1.82) is 0 Å². The summed E-state index contributed by atoms with van der Waals surface area (Å²) in [6, 6.07) is 73.7. The first-order chi connectivity index (χ1) is 26.3. The van der Waals surface area contributed by atoms with E-state index in [9.17, 15) is 0 Å². The van der Waals surface area contributed by atoms with Gasteiger partial charge in [-0.1, -0.05) is 194 Å². The van der Waals surface area contributed by atoms with Crippen molar-refractivity contribution in [2.45, 2.75) is 0 Å². The standard InChI is InChI=1S/C52H34O/c1-5-19-35(20-6-1)47-39-27-13-15-29-41(39)49(37-23-9-3-10-24-37)51-43(47)31-17-33-45(51)53-46-34-18-32-44-48(36-21-7-2-8-22-36)40-28-14-16-30-42(40)50(52(44)46)38-25-11-4-12-26-38/h1-34H. The molecule has 53 heavy (non-hydrogen) atoms. The summed E-state index contributed by atoms with van der Waals surface area (Å²) in [4.78, 5) is 0. The second-order valence-electron chi connectivity index (χ2n) is 13.5. The van der Waals surface area contributed by atoms with Gasteiger partial charge in [0.25, 0.3) is 0 Å². The fourth-order valence-electron chi connectivity index (χ4n) is 8.32. The lowest BCUT2D eigenvalue weighted by Crippen LogP contribution is -1.96. The van der Waals surface area contributed by atoms with Gasteiger partial charge in [0.15, 0.2) is 0 Å². The predicted octanol–water partition coefficient (Wildman–Crippen LogP) is 14.8. The zero-order valence-corrected chi connectivity index (χ0v) is 29.0. The van der Waals surface area contributed by atoms with Crippen molar-refractivity contribution in [2.75, 3.05) is 0 Å². The van der Waals surface area contributed by atoms with E-state index in [4.69, 9.17) is 4.74 Å². The van der Waals surface area contributed by atoms with Crippen molar-refractivity contribution in [3.8, 4) is 56.0 Å². The Morgan fingerprint density at radius 2 is 0.472 bits per heavy atom. The lowest BCUT2D eigenvalue weighted by molar-refractivity contribution is 0.494. The van der Waals surface area contributed by atoms with Crippen LogP contribution in [0.3, 0.4) is 0 Å². The SMILES string of the molecule is c1ccc(-c2c3ccccc3c(-c3ccccc3)c3c(Oc4cccc5c(-c6ccccc6)c6ccccc6c(-c6ccccc6)c45)cccc23)cc1. The number of rotatable bonds is 6. The second kappa shape index (κ2) is 13.0. The van der Waals surface area contributed by atoms with Crippen molar-refractivity contribution in [2.24, 2.45) is 0 Å². The molecule has 0 aliphatic rings. The molecule has 10 aromatic carbocycles. The quantitative estimate of drug-likeness (QED) is 0.160. The summed E-state index contributed by atoms with van der Waals surface area (Å²) in [5.74, 6) is 1.65. The summed E-state index contributed by atoms with van der Waals surface area (Å²) in [5.41, 5.74) is 9.44. The van der Waals surface area contributed by atoms with Crippen LogP contribution in [0.2, 0.25) is 0 Å². The third-order valence-corrected chi connectivity index (χ3v) is 10.5. The number of hydrogen-bond acceptors (Lipinski definition) is 1. The van der Waals surface area contributed by atoms with E-state index in [1.807, 2.05) is 0 Å². The summed E-state index contributed by atoms with van der Waals surface area (Å²) >= 11 is 0. The van der Waals surface area contributed by atoms with Gasteiger partial charge in [-0.25, -0.2) is 0 Å². The maximum Gasteiger partial charge on any atom is 0.135 e. The summed E-state index contributed by atoms with van der Waals surface area (Å²) < 4.78 is 7.41. The van der Waals surface area contributed by atoms with Crippen molar-refractivity contribution in [1.82, 2.24) is 0 Å². The van der Waals surface area contributed by atoms with Crippen LogP contribution in [0.1, 0.15) is 0 Å². The van der Waals surface area contributed by atoms with Gasteiger partial charge in [-0.05, 0) is 77.8 Å². The zero-order valence-electron chi connectivity index (χ0n) is 29.0. The summed E-state index contributed by atoms with van der Waals surface area (Å²) in [6.07, 6.45) is 0. The number of hydrogen-bond donors (Lipinski definition) is 0. The van der Waals surface area contributed by atoms with Crippen LogP contribution in [-0.2, 0) is 0 Å². The lowest BCUT2D eigenvalue weighted by atomic mass is 9.85. The molecule has 0 aliphatic carbocycles. The Morgan fingerprint density at radius 1 is 0.208 bits per heavy atom. The van der Waals surface area contributed by atoms with Crippen molar-refractivity contribution in [3.05, 3.63) is 206 Å². The third kappa shape index (κ3) is 5.17. The van der Waals surface area contributed by atoms with Crippen LogP contribution >= 0.6 is 0 Å². The van der Waals surface area contributed by atoms with E-state index in [1.54, 1.807) is 0 Å². The molecule has 0 N–H and O–H groups in total. The first-order valence-electron chi connectivity index (χ1n) is 18.2. The van der Waals surface area contributed by atoms with Crippen LogP contribution in [0.4, 0.5) is 0 Å². The van der Waals surface area contributed by atoms with Gasteiger partial charge in [-0.15, -0.1) is 0 Å². The zero-order chi connectivity index (χ0) is 35.1. The Bertz CT molecular complexity index is 2730. The Morgan fingerprint density at radius 3 is 0.811 bits per heavy atom. The summed E-state index contributed by atoms with van der Waals surface area (Å²) in [6.45, 7) is 0. The molecule has 0 atom stereocenters. The maximum atomic E-state index is 7.41. The molecule has 0 radical (unpaired) electrons. The highest BCUT2D eigenvalue weighted by molar-refractivity contribution is 6.24. The highest BCUT2D eigenvalue weighted by Gasteiger charge is 2.23. The smallest absolute Gasteiger partial charge is 0.135 e. The molecule has 0 fully saturated rings. The number of benzene rings is 10. The average molecular weight is 675 g/mol. The molecule has 1 heteroatoms. The van der Waals surface area contributed by atoms with Crippen molar-refractivity contribution < 1.29 is 4.74 Å². The van der Waals surface area contributed by atoms with E-state index >= 15 is 0 Å². The lowest BCUT2D eigenvalue weighted by Gasteiger charge is -2.22. The number of fused-ring (bicyclic) bond motifs is 4. The fourth-order valence-corrected chi connectivity index (χ4v) is 8.32. The van der Waals surface area contributed by atoms with E-state index in [0.717, 1.165) is 44.2 Å². The Kier molecular flexibility index (Phi) is 7.55. The minimum atomic E-state index is 0.824. The Labute approximate surface area is 309 Å². The topological polar surface area (TPSA) is 9.23 Å². The molecule has 0 saturated heterocycles. The molecule has 1 nitrogen and oxygen atoms in total. The first kappa shape index (κ1) is 30.8. The minimum absolute atomic E-state index is 0.824. The molecule has 0 aliphatic heterocycles. The van der Waals surface area contributed by atoms with E-state index < -0.39 is 0 Å². The van der Waals surface area contributed by atoms with Crippen molar-refractivity contribution in [3.63, 3.8) is 0 Å². The molecule has 10 rings (SSSR count). The normalized spacial score (nSPS) is 11.4. The Hall–Kier alpha value is -6.96. The molecule has 0 saturated carbocycles. The second-order valence-corrected chi connectivity index (χ2v) is 13.5. The van der Waals surface area contributed by atoms with E-state index in [2.05, 4.69) is 206 Å². The maximum absolute atomic E-state index is 7.41. The van der Waals surface area contributed by atoms with E-state index in [1.165, 1.54) is 54.9 Å². The van der Waals surface area contributed by atoms with Gasteiger partial charge < -0.3 is 4.74 Å². The molecule has 0 amide bonds. The van der Waals surface area contributed by atoms with Crippen LogP contribution in [-0.4, -0.2) is 0 Å². The highest BCUT2D eigenvalue weighted by atomic mass is 16.5. The highest BCUT2D eigenvalue weighted by Crippen LogP contribution is 2.51. The fraction of sp³-hybridized carbons (Fsp3) is 0. The van der Waals surface area contributed by atoms with E-state index in [-0.39, 0.29) is 0 Å². The molecule has 0 unspecified atom stereocenters. The van der Waals surface area contributed by atoms with Crippen LogP contribution in [0.25, 0.3) is 87.6 Å². The predicted molar refractivity (Wildman–Crippen MR) is 225 cm³/mol. The third-order valence-electron chi connectivity index (χ3n) is 10.5. The first-order valence-corrected chi connectivity index (χ1v) is 18.2. The minimum Gasteiger partial charge on any atom is -0.456 e. The molecular weight excluding hydrogens is 641 g/mol. The molecule has 0 heterocycles. The van der Waals surface area contributed by atoms with E-state index in [0.29, 0.717) is 0 Å². The van der Waals surface area contributed by atoms with Gasteiger partial charge in [-0.3, -0.25) is 0 Å². The van der Waals surface area contributed by atoms with Crippen LogP contribution in [0.15, 0.2) is 206 Å². The van der Waals surface area contributed by atoms with Crippen LogP contribution in [0, 0.1) is 0 Å². The van der Waals surface area contributed by atoms with Gasteiger partial charge in [0.05, 0.1) is 0 Å². The molecule has 0 spiro atoms. The molecular formula is C52H34O. The number of ether oxygens (including phenoxy) is 1. The van der Waals surface area contributed by atoms with Gasteiger partial charge in [0, 0.05) is 21.9 Å². The average Bonchev–Trinajstić information content (AvgIpc) is 3.23. The van der Waals surface area contributed by atoms with Gasteiger partial charge >= 0.3 is 0 Å². The van der Waals surface area contributed by atoms with Crippen LogP contribution in [0.5, 0.6) is 11.5 Å². The molecule has 0 aromatic heterocycles. The van der Waals surface area contributed by atoms with Gasteiger partial charge in [0.1, 0.15) is 11.5 Å². The van der Waals surface area contributed by atoms with Gasteiger partial charge in [-0.2, -0.15) is 0 Å². The van der Waals surface area contributed by atoms with Gasteiger partial charge in [0.2, 0.25) is 0 Å². The molecule has 0 bridgehead atoms. The molecule has 248 valence electrons. The Balaban J connectivity index is 1.33. The largest absolute Gasteiger partial charge is 0.456 e. The van der Waals surface area contributed by atoms with Crippen LogP contribution < -0.4 is 4.74 Å². The van der Waals surface area contributed by atoms with Crippen molar-refractivity contribution >= 4 is 43.1 Å².